The fraction of sp³-hybridized carbons (Fsp3) is 0.500. The number of nitrogens with one attached hydrogen (secondary N) is 4. The normalized spacial score (nSPS) is 17.0. The molecule has 1 aromatic carbocycles. The molecule has 2 heterocycles. The first-order valence-corrected chi connectivity index (χ1v) is 14.9. The number of aromatic hydroxyl groups is 1. The van der Waals surface area contributed by atoms with Gasteiger partial charge in [-0.1, -0.05) is 26.0 Å². The SMILES string of the molecule is CC(C)[C@H](NC(=O)[C@H](Cc1ccc(O)cc1)NC(=O)[C@H](CCC(=O)O)NC(=O)[C@@H](N)Cc1c[nH]cn1)C(=O)N1CCC[C@H]1C(=O)O. The maximum atomic E-state index is 13.7. The molecule has 250 valence electrons. The van der Waals surface area contributed by atoms with E-state index < -0.39 is 78.1 Å². The first-order valence-electron chi connectivity index (χ1n) is 14.9. The lowest BCUT2D eigenvalue weighted by Gasteiger charge is -2.31. The number of carboxylic acids is 2. The van der Waals surface area contributed by atoms with Gasteiger partial charge in [0.15, 0.2) is 0 Å². The third kappa shape index (κ3) is 10.0. The number of H-pyrrole nitrogens is 1. The Labute approximate surface area is 265 Å². The number of carbonyl (C=O) groups is 6. The van der Waals surface area contributed by atoms with Crippen LogP contribution in [0.4, 0.5) is 0 Å². The van der Waals surface area contributed by atoms with E-state index in [1.807, 2.05) is 0 Å². The molecule has 16 nitrogen and oxygen atoms in total. The first kappa shape index (κ1) is 35.5. The number of hydrogen-bond acceptors (Lipinski definition) is 9. The summed E-state index contributed by atoms with van der Waals surface area (Å²) in [6.07, 6.45) is 2.89. The number of aliphatic carboxylic acids is 2. The van der Waals surface area contributed by atoms with E-state index in [4.69, 9.17) is 5.73 Å². The monoisotopic (exact) mass is 643 g/mol. The van der Waals surface area contributed by atoms with Crippen molar-refractivity contribution in [1.29, 1.82) is 0 Å². The van der Waals surface area contributed by atoms with Crippen LogP contribution in [0.5, 0.6) is 5.75 Å². The van der Waals surface area contributed by atoms with Crippen LogP contribution >= 0.6 is 0 Å². The second-order valence-electron chi connectivity index (χ2n) is 11.6. The Bertz CT molecular complexity index is 1380. The van der Waals surface area contributed by atoms with Gasteiger partial charge in [-0.25, -0.2) is 9.78 Å². The summed E-state index contributed by atoms with van der Waals surface area (Å²) in [5.41, 5.74) is 7.03. The highest BCUT2D eigenvalue weighted by Gasteiger charge is 2.39. The van der Waals surface area contributed by atoms with Crippen molar-refractivity contribution in [3.63, 3.8) is 0 Å². The lowest BCUT2D eigenvalue weighted by molar-refractivity contribution is -0.150. The summed E-state index contributed by atoms with van der Waals surface area (Å²) in [5, 5.41) is 36.2. The zero-order valence-electron chi connectivity index (χ0n) is 25.6. The second-order valence-corrected chi connectivity index (χ2v) is 11.6. The molecule has 4 amide bonds. The molecule has 0 spiro atoms. The number of rotatable bonds is 16. The molecule has 0 aliphatic carbocycles. The van der Waals surface area contributed by atoms with Crippen molar-refractivity contribution in [3.05, 3.63) is 48.0 Å². The number of aromatic amines is 1. The van der Waals surface area contributed by atoms with Crippen molar-refractivity contribution >= 4 is 35.6 Å². The number of phenols is 1. The quantitative estimate of drug-likeness (QED) is 0.113. The van der Waals surface area contributed by atoms with E-state index in [-0.39, 0.29) is 38.0 Å². The Hall–Kier alpha value is -4.99. The minimum Gasteiger partial charge on any atom is -0.508 e. The van der Waals surface area contributed by atoms with Crippen LogP contribution in [0.15, 0.2) is 36.8 Å². The zero-order valence-corrected chi connectivity index (χ0v) is 25.6. The maximum absolute atomic E-state index is 13.7. The average molecular weight is 644 g/mol. The van der Waals surface area contributed by atoms with Gasteiger partial charge in [0.25, 0.3) is 0 Å². The van der Waals surface area contributed by atoms with Gasteiger partial charge >= 0.3 is 11.9 Å². The molecule has 46 heavy (non-hydrogen) atoms. The van der Waals surface area contributed by atoms with Crippen LogP contribution in [0.1, 0.15) is 50.8 Å². The Morgan fingerprint density at radius 3 is 2.22 bits per heavy atom. The number of amides is 4. The molecule has 9 N–H and O–H groups in total. The number of phenolic OH excluding ortho intramolecular Hbond substituents is 1. The molecule has 0 saturated carbocycles. The first-order chi connectivity index (χ1) is 21.8. The standard InChI is InChI=1S/C30H41N7O9/c1-16(2)25(29(44)37-11-3-4-23(37)30(45)46)36-28(43)22(12-17-5-7-19(38)8-6-17)35-27(42)21(9-10-24(39)40)34-26(41)20(31)13-18-14-32-15-33-18/h5-8,14-16,20-23,25,38H,3-4,9-13,31H2,1-2H3,(H,32,33)(H,34,41)(H,35,42)(H,36,43)(H,39,40)(H,45,46)/t20-,21-,22-,23-,25-/m0/s1. The number of hydrogen-bond donors (Lipinski definition) is 8. The van der Waals surface area contributed by atoms with Gasteiger partial charge in [-0.3, -0.25) is 24.0 Å². The highest BCUT2D eigenvalue weighted by atomic mass is 16.4. The van der Waals surface area contributed by atoms with Gasteiger partial charge in [-0.15, -0.1) is 0 Å². The van der Waals surface area contributed by atoms with Crippen molar-refractivity contribution < 1.29 is 44.1 Å². The molecule has 1 fully saturated rings. The van der Waals surface area contributed by atoms with Gasteiger partial charge in [0, 0.05) is 32.0 Å². The van der Waals surface area contributed by atoms with Crippen LogP contribution in [0.3, 0.4) is 0 Å². The average Bonchev–Trinajstić information content (AvgIpc) is 3.70. The highest BCUT2D eigenvalue weighted by molar-refractivity contribution is 5.96. The lowest BCUT2D eigenvalue weighted by Crippen LogP contribution is -2.60. The molecular weight excluding hydrogens is 602 g/mol. The number of likely N-dealkylation sites (tertiary alicyclic amines) is 1. The fourth-order valence-corrected chi connectivity index (χ4v) is 5.12. The van der Waals surface area contributed by atoms with Crippen LogP contribution in [-0.2, 0) is 41.6 Å². The molecule has 0 radical (unpaired) electrons. The molecule has 5 atom stereocenters. The van der Waals surface area contributed by atoms with E-state index >= 15 is 0 Å². The van der Waals surface area contributed by atoms with Crippen LogP contribution in [0, 0.1) is 5.92 Å². The number of aromatic nitrogens is 2. The van der Waals surface area contributed by atoms with E-state index in [0.717, 1.165) is 0 Å². The Morgan fingerprint density at radius 2 is 1.63 bits per heavy atom. The Morgan fingerprint density at radius 1 is 0.978 bits per heavy atom. The minimum atomic E-state index is -1.38. The van der Waals surface area contributed by atoms with E-state index in [1.54, 1.807) is 20.0 Å². The van der Waals surface area contributed by atoms with Gasteiger partial charge in [0.05, 0.1) is 18.1 Å². The van der Waals surface area contributed by atoms with E-state index in [1.165, 1.54) is 35.5 Å². The molecule has 0 unspecified atom stereocenters. The number of carboxylic acid groups (broad SMARTS) is 2. The highest BCUT2D eigenvalue weighted by Crippen LogP contribution is 2.21. The third-order valence-corrected chi connectivity index (χ3v) is 7.66. The number of imidazole rings is 1. The topological polar surface area (TPSA) is 257 Å². The van der Waals surface area contributed by atoms with E-state index in [2.05, 4.69) is 25.9 Å². The molecule has 1 aliphatic rings. The Balaban J connectivity index is 1.82. The summed E-state index contributed by atoms with van der Waals surface area (Å²) in [6, 6.07) is -0.0960. The molecule has 3 rings (SSSR count). The van der Waals surface area contributed by atoms with Crippen molar-refractivity contribution in [1.82, 2.24) is 30.8 Å². The van der Waals surface area contributed by atoms with Gasteiger partial charge in [-0.05, 0) is 42.9 Å². The summed E-state index contributed by atoms with van der Waals surface area (Å²) in [5.74, 6) is -5.77. The van der Waals surface area contributed by atoms with E-state index in [9.17, 15) is 44.1 Å². The third-order valence-electron chi connectivity index (χ3n) is 7.66. The summed E-state index contributed by atoms with van der Waals surface area (Å²) in [6.45, 7) is 3.59. The molecule has 1 aliphatic heterocycles. The van der Waals surface area contributed by atoms with Crippen LogP contribution < -0.4 is 21.7 Å². The van der Waals surface area contributed by atoms with Gasteiger partial charge in [0.2, 0.25) is 23.6 Å². The van der Waals surface area contributed by atoms with Crippen molar-refractivity contribution in [2.45, 2.75) is 82.6 Å². The molecule has 16 heteroatoms. The van der Waals surface area contributed by atoms with Crippen LogP contribution in [0.25, 0.3) is 0 Å². The molecular formula is C30H41N7O9. The van der Waals surface area contributed by atoms with Gasteiger partial charge < -0.3 is 46.9 Å². The number of benzene rings is 1. The number of nitrogens with zero attached hydrogens (tertiary/aromatic N) is 2. The van der Waals surface area contributed by atoms with Crippen molar-refractivity contribution in [2.75, 3.05) is 6.54 Å². The zero-order chi connectivity index (χ0) is 34.0. The molecule has 1 saturated heterocycles. The smallest absolute Gasteiger partial charge is 0.326 e. The summed E-state index contributed by atoms with van der Waals surface area (Å²) >= 11 is 0. The predicted octanol–water partition coefficient (Wildman–Crippen LogP) is -0.721. The largest absolute Gasteiger partial charge is 0.508 e. The molecule has 1 aromatic heterocycles. The molecule has 2 aromatic rings. The second kappa shape index (κ2) is 16.4. The van der Waals surface area contributed by atoms with Crippen LogP contribution in [-0.4, -0.2) is 103 Å². The Kier molecular flexibility index (Phi) is 12.6. The van der Waals surface area contributed by atoms with Crippen molar-refractivity contribution in [2.24, 2.45) is 11.7 Å². The van der Waals surface area contributed by atoms with Crippen molar-refractivity contribution in [3.8, 4) is 5.75 Å². The summed E-state index contributed by atoms with van der Waals surface area (Å²) < 4.78 is 0. The maximum Gasteiger partial charge on any atom is 0.326 e. The number of carbonyl (C=O) groups excluding carboxylic acids is 4. The minimum absolute atomic E-state index is 0.0273. The van der Waals surface area contributed by atoms with Gasteiger partial charge in [-0.2, -0.15) is 0 Å². The lowest BCUT2D eigenvalue weighted by atomic mass is 9.99. The predicted molar refractivity (Wildman–Crippen MR) is 162 cm³/mol. The molecule has 0 bridgehead atoms. The number of nitrogens with two attached hydrogens (primary N) is 1. The van der Waals surface area contributed by atoms with Gasteiger partial charge in [0.1, 0.15) is 29.9 Å². The van der Waals surface area contributed by atoms with E-state index in [0.29, 0.717) is 17.7 Å². The summed E-state index contributed by atoms with van der Waals surface area (Å²) in [7, 11) is 0. The summed E-state index contributed by atoms with van der Waals surface area (Å²) in [4.78, 5) is 84.6. The fourth-order valence-electron chi connectivity index (χ4n) is 5.12. The van der Waals surface area contributed by atoms with Crippen LogP contribution in [0.2, 0.25) is 0 Å².